The molecule has 9 nitrogen and oxygen atoms in total. The van der Waals surface area contributed by atoms with Gasteiger partial charge in [0, 0.05) is 19.2 Å². The molecule has 1 fully saturated rings. The lowest BCUT2D eigenvalue weighted by molar-refractivity contribution is 0.0370. The molecule has 28 heavy (non-hydrogen) atoms. The summed E-state index contributed by atoms with van der Waals surface area (Å²) in [5.74, 6) is -0.217. The number of ether oxygens (including phenoxy) is 2. The Labute approximate surface area is 159 Å². The van der Waals surface area contributed by atoms with Crippen LogP contribution in [0.15, 0.2) is 35.2 Å². The van der Waals surface area contributed by atoms with Crippen LogP contribution in [0.3, 0.4) is 0 Å². The highest BCUT2D eigenvalue weighted by atomic mass is 19.1. The molecule has 4 heterocycles. The third-order valence-corrected chi connectivity index (χ3v) is 4.31. The SMILES string of the molecule is O=C(CN1CCOCC1)c1cc(OCc2conc2-c2ccc(F)cn2)n[nH]1. The van der Waals surface area contributed by atoms with Crippen molar-refractivity contribution in [2.75, 3.05) is 32.8 Å². The van der Waals surface area contributed by atoms with Crippen molar-refractivity contribution in [1.29, 1.82) is 0 Å². The summed E-state index contributed by atoms with van der Waals surface area (Å²) in [7, 11) is 0. The number of carbonyl (C=O) groups excluding carboxylic acids is 1. The third kappa shape index (κ3) is 4.24. The van der Waals surface area contributed by atoms with Crippen LogP contribution in [0.1, 0.15) is 16.1 Å². The molecule has 146 valence electrons. The summed E-state index contributed by atoms with van der Waals surface area (Å²) in [6.07, 6.45) is 2.53. The summed E-state index contributed by atoms with van der Waals surface area (Å²) in [6.45, 7) is 3.15. The maximum atomic E-state index is 13.0. The number of pyridine rings is 1. The number of aromatic amines is 1. The summed E-state index contributed by atoms with van der Waals surface area (Å²) >= 11 is 0. The zero-order valence-corrected chi connectivity index (χ0v) is 14.9. The van der Waals surface area contributed by atoms with Gasteiger partial charge in [0.05, 0.1) is 37.2 Å². The van der Waals surface area contributed by atoms with Crippen molar-refractivity contribution in [1.82, 2.24) is 25.2 Å². The lowest BCUT2D eigenvalue weighted by atomic mass is 10.2. The first-order chi connectivity index (χ1) is 13.7. The molecule has 0 atom stereocenters. The van der Waals surface area contributed by atoms with Crippen molar-refractivity contribution >= 4 is 5.78 Å². The minimum absolute atomic E-state index is 0.0644. The number of H-pyrrole nitrogens is 1. The standard InChI is InChI=1S/C18H18FN5O4/c19-13-1-2-14(20-8-13)18-12(11-28-23-18)10-27-17-7-15(21-22-17)16(25)9-24-3-5-26-6-4-24/h1-2,7-8,11H,3-6,9-10H2,(H,21,22). The number of nitrogens with one attached hydrogen (secondary N) is 1. The van der Waals surface area contributed by atoms with Gasteiger partial charge in [0.1, 0.15) is 30.1 Å². The van der Waals surface area contributed by atoms with Gasteiger partial charge in [-0.05, 0) is 12.1 Å². The molecule has 3 aromatic rings. The van der Waals surface area contributed by atoms with Crippen LogP contribution in [-0.2, 0) is 11.3 Å². The second-order valence-electron chi connectivity index (χ2n) is 6.27. The van der Waals surface area contributed by atoms with E-state index in [9.17, 15) is 9.18 Å². The molecule has 0 unspecified atom stereocenters. The highest BCUT2D eigenvalue weighted by Crippen LogP contribution is 2.22. The van der Waals surface area contributed by atoms with Gasteiger partial charge in [-0.3, -0.25) is 19.8 Å². The van der Waals surface area contributed by atoms with Gasteiger partial charge in [-0.2, -0.15) is 0 Å². The first-order valence-corrected chi connectivity index (χ1v) is 8.76. The fourth-order valence-electron chi connectivity index (χ4n) is 2.81. The zero-order chi connectivity index (χ0) is 19.3. The lowest BCUT2D eigenvalue weighted by Gasteiger charge is -2.25. The molecule has 0 saturated carbocycles. The number of halogens is 1. The van der Waals surface area contributed by atoms with Crippen LogP contribution in [-0.4, -0.2) is 63.9 Å². The molecular weight excluding hydrogens is 369 g/mol. The molecule has 0 aromatic carbocycles. The first kappa shape index (κ1) is 18.3. The van der Waals surface area contributed by atoms with Crippen LogP contribution < -0.4 is 4.74 Å². The molecule has 10 heteroatoms. The molecular formula is C18H18FN5O4. The van der Waals surface area contributed by atoms with Crippen molar-refractivity contribution in [2.24, 2.45) is 0 Å². The molecule has 0 aliphatic carbocycles. The maximum Gasteiger partial charge on any atom is 0.233 e. The Kier molecular flexibility index (Phi) is 5.40. The Morgan fingerprint density at radius 3 is 2.96 bits per heavy atom. The predicted molar refractivity (Wildman–Crippen MR) is 94.2 cm³/mol. The highest BCUT2D eigenvalue weighted by Gasteiger charge is 2.18. The van der Waals surface area contributed by atoms with Crippen molar-refractivity contribution in [3.05, 3.63) is 47.7 Å². The predicted octanol–water partition coefficient (Wildman–Crippen LogP) is 1.69. The Bertz CT molecular complexity index is 934. The van der Waals surface area contributed by atoms with Gasteiger partial charge in [0.25, 0.3) is 0 Å². The van der Waals surface area contributed by atoms with Crippen LogP contribution in [0.4, 0.5) is 4.39 Å². The second-order valence-corrected chi connectivity index (χ2v) is 6.27. The van der Waals surface area contributed by atoms with Crippen LogP contribution in [0.25, 0.3) is 11.4 Å². The van der Waals surface area contributed by atoms with Crippen molar-refractivity contribution in [3.63, 3.8) is 0 Å². The number of rotatable bonds is 7. The molecule has 4 rings (SSSR count). The van der Waals surface area contributed by atoms with Crippen molar-refractivity contribution in [2.45, 2.75) is 6.61 Å². The fourth-order valence-corrected chi connectivity index (χ4v) is 2.81. The quantitative estimate of drug-likeness (QED) is 0.611. The van der Waals surface area contributed by atoms with E-state index in [4.69, 9.17) is 14.0 Å². The van der Waals surface area contributed by atoms with Crippen LogP contribution >= 0.6 is 0 Å². The van der Waals surface area contributed by atoms with Gasteiger partial charge >= 0.3 is 0 Å². The average Bonchev–Trinajstić information content (AvgIpc) is 3.37. The minimum atomic E-state index is -0.434. The van der Waals surface area contributed by atoms with Gasteiger partial charge in [0.2, 0.25) is 5.88 Å². The summed E-state index contributed by atoms with van der Waals surface area (Å²) in [5, 5.41) is 10.6. The summed E-state index contributed by atoms with van der Waals surface area (Å²) in [4.78, 5) is 18.4. The summed E-state index contributed by atoms with van der Waals surface area (Å²) < 4.78 is 28.9. The lowest BCUT2D eigenvalue weighted by Crippen LogP contribution is -2.39. The Morgan fingerprint density at radius 1 is 1.32 bits per heavy atom. The van der Waals surface area contributed by atoms with Gasteiger partial charge in [0.15, 0.2) is 5.78 Å². The zero-order valence-electron chi connectivity index (χ0n) is 14.9. The maximum absolute atomic E-state index is 13.0. The molecule has 1 aliphatic heterocycles. The largest absolute Gasteiger partial charge is 0.472 e. The molecule has 3 aromatic heterocycles. The van der Waals surface area contributed by atoms with Crippen LogP contribution in [0.5, 0.6) is 5.88 Å². The molecule has 1 aliphatic rings. The van der Waals surface area contributed by atoms with E-state index in [1.807, 2.05) is 4.90 Å². The van der Waals surface area contributed by atoms with E-state index < -0.39 is 5.82 Å². The van der Waals surface area contributed by atoms with E-state index in [2.05, 4.69) is 20.3 Å². The van der Waals surface area contributed by atoms with Gasteiger partial charge in [-0.25, -0.2) is 4.39 Å². The topological polar surface area (TPSA) is 106 Å². The molecule has 1 saturated heterocycles. The number of carbonyl (C=O) groups is 1. The molecule has 0 spiro atoms. The number of aromatic nitrogens is 4. The van der Waals surface area contributed by atoms with E-state index >= 15 is 0 Å². The molecule has 0 bridgehead atoms. The number of morpholine rings is 1. The van der Waals surface area contributed by atoms with Gasteiger partial charge in [-0.1, -0.05) is 5.16 Å². The minimum Gasteiger partial charge on any atom is -0.472 e. The van der Waals surface area contributed by atoms with Crippen LogP contribution in [0, 0.1) is 5.82 Å². The fraction of sp³-hybridized carbons (Fsp3) is 0.333. The number of hydrogen-bond donors (Lipinski definition) is 1. The Hall–Kier alpha value is -3.11. The van der Waals surface area contributed by atoms with E-state index in [0.717, 1.165) is 19.3 Å². The highest BCUT2D eigenvalue weighted by molar-refractivity contribution is 5.96. The summed E-state index contributed by atoms with van der Waals surface area (Å²) in [5.41, 5.74) is 1.94. The van der Waals surface area contributed by atoms with Crippen molar-refractivity contribution in [3.8, 4) is 17.3 Å². The molecule has 1 N–H and O–H groups in total. The van der Waals surface area contributed by atoms with Gasteiger partial charge < -0.3 is 14.0 Å². The van der Waals surface area contributed by atoms with E-state index in [1.165, 1.54) is 18.4 Å². The molecule has 0 amide bonds. The number of nitrogens with zero attached hydrogens (tertiary/aromatic N) is 4. The van der Waals surface area contributed by atoms with E-state index in [1.54, 1.807) is 6.07 Å². The number of hydrogen-bond acceptors (Lipinski definition) is 8. The second kappa shape index (κ2) is 8.28. The smallest absolute Gasteiger partial charge is 0.233 e. The molecule has 0 radical (unpaired) electrons. The Balaban J connectivity index is 1.37. The third-order valence-electron chi connectivity index (χ3n) is 4.31. The Morgan fingerprint density at radius 2 is 2.18 bits per heavy atom. The number of ketones is 1. The number of Topliss-reactive ketones (excluding diaryl/α,β-unsaturated/α-hetero) is 1. The first-order valence-electron chi connectivity index (χ1n) is 8.76. The normalized spacial score (nSPS) is 14.9. The monoisotopic (exact) mass is 387 g/mol. The van der Waals surface area contributed by atoms with E-state index in [-0.39, 0.29) is 18.3 Å². The van der Waals surface area contributed by atoms with Crippen molar-refractivity contribution < 1.29 is 23.2 Å². The van der Waals surface area contributed by atoms with Crippen LogP contribution in [0.2, 0.25) is 0 Å². The average molecular weight is 387 g/mol. The van der Waals surface area contributed by atoms with Gasteiger partial charge in [-0.15, -0.1) is 5.10 Å². The van der Waals surface area contributed by atoms with E-state index in [0.29, 0.717) is 42.4 Å². The summed E-state index contributed by atoms with van der Waals surface area (Å²) in [6, 6.07) is 4.36.